The van der Waals surface area contributed by atoms with Crippen molar-refractivity contribution in [3.8, 4) is 0 Å². The molecule has 4 amide bonds. The molecule has 1 aliphatic carbocycles. The van der Waals surface area contributed by atoms with Crippen LogP contribution in [0.15, 0.2) is 46.1 Å². The number of benzene rings is 1. The Labute approximate surface area is 248 Å². The summed E-state index contributed by atoms with van der Waals surface area (Å²) in [5.41, 5.74) is 3.57. The molecule has 3 aromatic rings. The number of thiophene rings is 2. The van der Waals surface area contributed by atoms with Gasteiger partial charge in [-0.1, -0.05) is 39.0 Å². The number of likely N-dealkylation sites (N-methyl/N-ethyl adjacent to an activating group) is 1. The minimum atomic E-state index is -0.545. The molecule has 214 valence electrons. The third kappa shape index (κ3) is 5.59. The number of imide groups is 2. The highest BCUT2D eigenvalue weighted by atomic mass is 32.1. The Balaban J connectivity index is 1.17. The van der Waals surface area contributed by atoms with E-state index >= 15 is 0 Å². The smallest absolute Gasteiger partial charge is 0.333 e. The monoisotopic (exact) mass is 589 g/mol. The minimum absolute atomic E-state index is 0.0482. The van der Waals surface area contributed by atoms with E-state index in [0.29, 0.717) is 0 Å². The molecule has 2 fully saturated rings. The molecule has 6 rings (SSSR count). The molecule has 3 aliphatic rings. The summed E-state index contributed by atoms with van der Waals surface area (Å²) in [5, 5.41) is 9.82. The van der Waals surface area contributed by atoms with Crippen LogP contribution in [0.5, 0.6) is 0 Å². The first-order valence-electron chi connectivity index (χ1n) is 14.6. The van der Waals surface area contributed by atoms with Gasteiger partial charge in [-0.25, -0.2) is 4.79 Å². The molecule has 0 spiro atoms. The van der Waals surface area contributed by atoms with E-state index in [4.69, 9.17) is 0 Å². The Bertz CT molecular complexity index is 1520. The highest BCUT2D eigenvalue weighted by Crippen LogP contribution is 2.40. The molecule has 0 radical (unpaired) electrons. The predicted octanol–water partition coefficient (Wildman–Crippen LogP) is 8.07. The van der Waals surface area contributed by atoms with Crippen molar-refractivity contribution < 1.29 is 14.4 Å². The van der Waals surface area contributed by atoms with E-state index in [2.05, 4.69) is 34.2 Å². The number of hydrogen-bond acceptors (Lipinski definition) is 8. The second kappa shape index (κ2) is 11.9. The lowest BCUT2D eigenvalue weighted by atomic mass is 9.93. The Morgan fingerprint density at radius 2 is 1.76 bits per heavy atom. The standard InChI is InChI=1S/C31H35N5O3S2/c1-3-4-8-14-35-15-13-20-16-21(11-12-25(20)35)32-33-28-19-27-26(41-28)18-23(40-27)17-24-29(37)34(2)31(39)36(30(24)38)22-9-6-5-7-10-22/h11-12,16-19,22H,3-10,13-15H2,1-2H3/b24-17+,33-32+. The normalized spacial score (nSPS) is 19.5. The SMILES string of the molecule is CCCCCN1CCc2cc(/N=N/c3cc4sc(/C=C5\C(=O)N(C)C(=O)N(C6CCCCC6)C5=O)cc4s3)ccc21. The highest BCUT2D eigenvalue weighted by Gasteiger charge is 2.43. The van der Waals surface area contributed by atoms with Crippen LogP contribution >= 0.6 is 22.7 Å². The van der Waals surface area contributed by atoms with Gasteiger partial charge in [0.05, 0.1) is 5.69 Å². The largest absolute Gasteiger partial charge is 0.371 e. The van der Waals surface area contributed by atoms with Gasteiger partial charge in [0.2, 0.25) is 0 Å². The van der Waals surface area contributed by atoms with Gasteiger partial charge in [-0.05, 0) is 67.7 Å². The van der Waals surface area contributed by atoms with Gasteiger partial charge in [0.1, 0.15) is 10.6 Å². The summed E-state index contributed by atoms with van der Waals surface area (Å²) >= 11 is 3.03. The van der Waals surface area contributed by atoms with Gasteiger partial charge in [0.15, 0.2) is 0 Å². The van der Waals surface area contributed by atoms with Crippen molar-refractivity contribution in [1.29, 1.82) is 0 Å². The summed E-state index contributed by atoms with van der Waals surface area (Å²) in [6.07, 6.45) is 11.1. The van der Waals surface area contributed by atoms with Gasteiger partial charge in [0, 0.05) is 46.1 Å². The molecule has 2 aliphatic heterocycles. The second-order valence-electron chi connectivity index (χ2n) is 11.1. The number of carbonyl (C=O) groups excluding carboxylic acids is 3. The number of fused-ring (bicyclic) bond motifs is 2. The van der Waals surface area contributed by atoms with E-state index in [0.717, 1.165) is 81.5 Å². The second-order valence-corrected chi connectivity index (χ2v) is 13.3. The van der Waals surface area contributed by atoms with Crippen LogP contribution in [0.25, 0.3) is 15.5 Å². The third-order valence-corrected chi connectivity index (χ3v) is 10.4. The Kier molecular flexibility index (Phi) is 8.03. The summed E-state index contributed by atoms with van der Waals surface area (Å²) in [6.45, 7) is 4.42. The first kappa shape index (κ1) is 27.8. The van der Waals surface area contributed by atoms with Gasteiger partial charge >= 0.3 is 6.03 Å². The van der Waals surface area contributed by atoms with Gasteiger partial charge in [0.25, 0.3) is 11.8 Å². The van der Waals surface area contributed by atoms with E-state index in [1.165, 1.54) is 65.1 Å². The van der Waals surface area contributed by atoms with Crippen molar-refractivity contribution in [2.24, 2.45) is 10.2 Å². The van der Waals surface area contributed by atoms with Crippen LogP contribution in [0.3, 0.4) is 0 Å². The number of anilines is 1. The quantitative estimate of drug-likeness (QED) is 0.115. The number of nitrogens with zero attached hydrogens (tertiary/aromatic N) is 5. The fourth-order valence-corrected chi connectivity index (χ4v) is 8.20. The molecule has 0 N–H and O–H groups in total. The van der Waals surface area contributed by atoms with Crippen LogP contribution in [0.2, 0.25) is 0 Å². The number of urea groups is 1. The van der Waals surface area contributed by atoms with Crippen molar-refractivity contribution in [2.75, 3.05) is 25.0 Å². The van der Waals surface area contributed by atoms with Crippen LogP contribution in [-0.4, -0.2) is 53.8 Å². The maximum atomic E-state index is 13.3. The molecule has 1 saturated heterocycles. The first-order chi connectivity index (χ1) is 19.9. The maximum absolute atomic E-state index is 13.3. The number of barbiturate groups is 1. The zero-order valence-corrected chi connectivity index (χ0v) is 25.2. The van der Waals surface area contributed by atoms with Crippen LogP contribution < -0.4 is 4.90 Å². The van der Waals surface area contributed by atoms with Crippen LogP contribution in [-0.2, 0) is 16.0 Å². The fraction of sp³-hybridized carbons (Fsp3) is 0.452. The molecule has 4 heterocycles. The van der Waals surface area contributed by atoms with Crippen molar-refractivity contribution in [3.05, 3.63) is 46.3 Å². The fourth-order valence-electron chi connectivity index (χ4n) is 6.04. The maximum Gasteiger partial charge on any atom is 0.333 e. The Morgan fingerprint density at radius 1 is 0.951 bits per heavy atom. The molecule has 10 heteroatoms. The predicted molar refractivity (Wildman–Crippen MR) is 166 cm³/mol. The molecule has 1 aromatic carbocycles. The molecule has 0 atom stereocenters. The molecular formula is C31H35N5O3S2. The minimum Gasteiger partial charge on any atom is -0.371 e. The van der Waals surface area contributed by atoms with E-state index in [1.54, 1.807) is 6.08 Å². The van der Waals surface area contributed by atoms with Gasteiger partial charge in [-0.2, -0.15) is 0 Å². The molecule has 1 saturated carbocycles. The van der Waals surface area contributed by atoms with E-state index in [1.807, 2.05) is 18.2 Å². The number of hydrogen-bond donors (Lipinski definition) is 0. The number of amides is 4. The van der Waals surface area contributed by atoms with Crippen molar-refractivity contribution in [2.45, 2.75) is 70.8 Å². The lowest BCUT2D eigenvalue weighted by Gasteiger charge is -2.38. The molecule has 41 heavy (non-hydrogen) atoms. The molecular weight excluding hydrogens is 555 g/mol. The number of rotatable bonds is 8. The number of unbranched alkanes of at least 4 members (excludes halogenated alkanes) is 2. The lowest BCUT2D eigenvalue weighted by molar-refractivity contribution is -0.136. The van der Waals surface area contributed by atoms with E-state index in [-0.39, 0.29) is 11.6 Å². The van der Waals surface area contributed by atoms with Crippen LogP contribution in [0, 0.1) is 0 Å². The molecule has 0 unspecified atom stereocenters. The zero-order valence-electron chi connectivity index (χ0n) is 23.6. The molecule has 2 aromatic heterocycles. The average Bonchev–Trinajstić information content (AvgIpc) is 3.67. The number of azo groups is 1. The van der Waals surface area contributed by atoms with E-state index < -0.39 is 17.8 Å². The molecule has 8 nitrogen and oxygen atoms in total. The average molecular weight is 590 g/mol. The summed E-state index contributed by atoms with van der Waals surface area (Å²) in [5.74, 6) is -1.02. The zero-order chi connectivity index (χ0) is 28.5. The summed E-state index contributed by atoms with van der Waals surface area (Å²) in [6, 6.07) is 9.67. The van der Waals surface area contributed by atoms with Gasteiger partial charge in [-0.15, -0.1) is 32.9 Å². The molecule has 0 bridgehead atoms. The van der Waals surface area contributed by atoms with Crippen molar-refractivity contribution >= 4 is 72.4 Å². The van der Waals surface area contributed by atoms with Crippen molar-refractivity contribution in [3.63, 3.8) is 0 Å². The van der Waals surface area contributed by atoms with E-state index in [9.17, 15) is 14.4 Å². The Morgan fingerprint density at radius 3 is 2.54 bits per heavy atom. The topological polar surface area (TPSA) is 85.7 Å². The van der Waals surface area contributed by atoms with Crippen LogP contribution in [0.1, 0.15) is 68.7 Å². The van der Waals surface area contributed by atoms with Gasteiger partial charge in [-0.3, -0.25) is 19.4 Å². The third-order valence-electron chi connectivity index (χ3n) is 8.27. The van der Waals surface area contributed by atoms with Crippen LogP contribution in [0.4, 0.5) is 21.2 Å². The lowest BCUT2D eigenvalue weighted by Crippen LogP contribution is -2.58. The number of carbonyl (C=O) groups is 3. The summed E-state index contributed by atoms with van der Waals surface area (Å²) in [4.78, 5) is 44.7. The van der Waals surface area contributed by atoms with Gasteiger partial charge < -0.3 is 4.90 Å². The summed E-state index contributed by atoms with van der Waals surface area (Å²) < 4.78 is 2.05. The summed E-state index contributed by atoms with van der Waals surface area (Å²) in [7, 11) is 1.45. The Hall–Kier alpha value is -3.37. The highest BCUT2D eigenvalue weighted by molar-refractivity contribution is 7.30. The van der Waals surface area contributed by atoms with Crippen molar-refractivity contribution in [1.82, 2.24) is 9.80 Å². The first-order valence-corrected chi connectivity index (χ1v) is 16.3.